The smallest absolute Gasteiger partial charge is 0.253 e. The van der Waals surface area contributed by atoms with Gasteiger partial charge in [-0.2, -0.15) is 0 Å². The molecule has 0 radical (unpaired) electrons. The number of amides is 2. The van der Waals surface area contributed by atoms with Gasteiger partial charge < -0.3 is 11.1 Å². The topological polar surface area (TPSA) is 85.1 Å². The molecule has 0 aliphatic carbocycles. The fraction of sp³-hybridized carbons (Fsp3) is 0.133. The van der Waals surface area contributed by atoms with Crippen molar-refractivity contribution < 1.29 is 14.0 Å². The summed E-state index contributed by atoms with van der Waals surface area (Å²) in [6.07, 6.45) is 2.13. The van der Waals surface area contributed by atoms with E-state index in [-0.39, 0.29) is 12.0 Å². The second-order valence-electron chi connectivity index (χ2n) is 4.64. The SMILES string of the molecule is NC(=O)C[C@@H](NC(=O)c1cncc(F)c1)c1cccc(Cl)c1. The lowest BCUT2D eigenvalue weighted by Gasteiger charge is -2.18. The van der Waals surface area contributed by atoms with Gasteiger partial charge in [0.2, 0.25) is 5.91 Å². The zero-order valence-electron chi connectivity index (χ0n) is 11.4. The Kier molecular flexibility index (Phi) is 5.06. The second-order valence-corrected chi connectivity index (χ2v) is 5.08. The van der Waals surface area contributed by atoms with Gasteiger partial charge in [-0.1, -0.05) is 23.7 Å². The molecule has 0 bridgehead atoms. The number of aromatic nitrogens is 1. The van der Waals surface area contributed by atoms with E-state index in [1.165, 1.54) is 6.20 Å². The van der Waals surface area contributed by atoms with E-state index in [0.29, 0.717) is 10.6 Å². The van der Waals surface area contributed by atoms with E-state index in [0.717, 1.165) is 12.3 Å². The van der Waals surface area contributed by atoms with Crippen LogP contribution in [0.15, 0.2) is 42.7 Å². The van der Waals surface area contributed by atoms with Crippen LogP contribution in [0.25, 0.3) is 0 Å². The Hall–Kier alpha value is -2.47. The summed E-state index contributed by atoms with van der Waals surface area (Å²) >= 11 is 5.91. The Morgan fingerprint density at radius 3 is 2.73 bits per heavy atom. The molecule has 0 saturated heterocycles. The molecule has 1 aromatic carbocycles. The van der Waals surface area contributed by atoms with E-state index in [9.17, 15) is 14.0 Å². The number of hydrogen-bond acceptors (Lipinski definition) is 3. The van der Waals surface area contributed by atoms with Gasteiger partial charge in [0.25, 0.3) is 5.91 Å². The lowest BCUT2D eigenvalue weighted by Crippen LogP contribution is -2.32. The number of nitrogens with zero attached hydrogens (tertiary/aromatic N) is 1. The maximum absolute atomic E-state index is 13.1. The van der Waals surface area contributed by atoms with Crippen LogP contribution in [0.5, 0.6) is 0 Å². The van der Waals surface area contributed by atoms with Crippen molar-refractivity contribution in [2.75, 3.05) is 0 Å². The van der Waals surface area contributed by atoms with E-state index in [1.807, 2.05) is 0 Å². The zero-order chi connectivity index (χ0) is 16.1. The van der Waals surface area contributed by atoms with Crippen LogP contribution in [0, 0.1) is 5.82 Å². The third-order valence-electron chi connectivity index (χ3n) is 2.93. The number of pyridine rings is 1. The summed E-state index contributed by atoms with van der Waals surface area (Å²) in [6.45, 7) is 0. The Morgan fingerprint density at radius 1 is 1.32 bits per heavy atom. The molecule has 3 N–H and O–H groups in total. The summed E-state index contributed by atoms with van der Waals surface area (Å²) in [5.74, 6) is -1.76. The van der Waals surface area contributed by atoms with Crippen molar-refractivity contribution in [1.82, 2.24) is 10.3 Å². The quantitative estimate of drug-likeness (QED) is 0.885. The van der Waals surface area contributed by atoms with E-state index in [4.69, 9.17) is 17.3 Å². The molecule has 1 atom stereocenters. The van der Waals surface area contributed by atoms with E-state index < -0.39 is 23.7 Å². The van der Waals surface area contributed by atoms with Gasteiger partial charge in [-0.05, 0) is 23.8 Å². The lowest BCUT2D eigenvalue weighted by molar-refractivity contribution is -0.118. The number of carbonyl (C=O) groups is 2. The standard InChI is InChI=1S/C15H13ClFN3O2/c16-11-3-1-2-9(4-11)13(6-14(18)21)20-15(22)10-5-12(17)8-19-7-10/h1-5,7-8,13H,6H2,(H2,18,21)(H,20,22)/t13-/m1/s1. The molecule has 0 spiro atoms. The summed E-state index contributed by atoms with van der Waals surface area (Å²) < 4.78 is 13.1. The molecular weight excluding hydrogens is 309 g/mol. The highest BCUT2D eigenvalue weighted by atomic mass is 35.5. The molecule has 1 heterocycles. The van der Waals surface area contributed by atoms with Gasteiger partial charge in [-0.3, -0.25) is 14.6 Å². The average molecular weight is 322 g/mol. The van der Waals surface area contributed by atoms with Crippen molar-refractivity contribution in [3.63, 3.8) is 0 Å². The van der Waals surface area contributed by atoms with Gasteiger partial charge in [0, 0.05) is 11.2 Å². The van der Waals surface area contributed by atoms with Crippen LogP contribution in [0.3, 0.4) is 0 Å². The second kappa shape index (κ2) is 7.00. The maximum atomic E-state index is 13.1. The number of hydrogen-bond donors (Lipinski definition) is 2. The van der Waals surface area contributed by atoms with Crippen LogP contribution in [-0.2, 0) is 4.79 Å². The Bertz CT molecular complexity index is 709. The van der Waals surface area contributed by atoms with Crippen molar-refractivity contribution in [1.29, 1.82) is 0 Å². The Morgan fingerprint density at radius 2 is 2.09 bits per heavy atom. The largest absolute Gasteiger partial charge is 0.370 e. The lowest BCUT2D eigenvalue weighted by atomic mass is 10.0. The van der Waals surface area contributed by atoms with E-state index in [2.05, 4.69) is 10.3 Å². The first kappa shape index (κ1) is 15.9. The molecule has 0 fully saturated rings. The normalized spacial score (nSPS) is 11.7. The number of halogens is 2. The highest BCUT2D eigenvalue weighted by Crippen LogP contribution is 2.21. The average Bonchev–Trinajstić information content (AvgIpc) is 2.46. The molecule has 5 nitrogen and oxygen atoms in total. The number of carbonyl (C=O) groups excluding carboxylic acids is 2. The molecule has 114 valence electrons. The number of primary amides is 1. The van der Waals surface area contributed by atoms with Gasteiger partial charge in [0.15, 0.2) is 0 Å². The maximum Gasteiger partial charge on any atom is 0.253 e. The summed E-state index contributed by atoms with van der Waals surface area (Å²) in [7, 11) is 0. The highest BCUT2D eigenvalue weighted by molar-refractivity contribution is 6.30. The van der Waals surface area contributed by atoms with Crippen LogP contribution in [0.2, 0.25) is 5.02 Å². The number of benzene rings is 1. The molecule has 0 saturated carbocycles. The zero-order valence-corrected chi connectivity index (χ0v) is 12.2. The summed E-state index contributed by atoms with van der Waals surface area (Å²) in [5, 5.41) is 3.10. The molecule has 0 aliphatic heterocycles. The van der Waals surface area contributed by atoms with Crippen molar-refractivity contribution in [2.24, 2.45) is 5.73 Å². The number of rotatable bonds is 5. The molecule has 2 rings (SSSR count). The van der Waals surface area contributed by atoms with E-state index >= 15 is 0 Å². The van der Waals surface area contributed by atoms with Crippen molar-refractivity contribution >= 4 is 23.4 Å². The Balaban J connectivity index is 2.23. The molecule has 1 aromatic heterocycles. The van der Waals surface area contributed by atoms with Gasteiger partial charge in [-0.25, -0.2) is 4.39 Å². The first-order valence-electron chi connectivity index (χ1n) is 6.41. The fourth-order valence-electron chi connectivity index (χ4n) is 1.95. The first-order chi connectivity index (χ1) is 10.5. The van der Waals surface area contributed by atoms with Gasteiger partial charge in [-0.15, -0.1) is 0 Å². The molecule has 22 heavy (non-hydrogen) atoms. The molecule has 0 aliphatic rings. The summed E-state index contributed by atoms with van der Waals surface area (Å²) in [4.78, 5) is 27.0. The monoisotopic (exact) mass is 321 g/mol. The van der Waals surface area contributed by atoms with Crippen LogP contribution in [-0.4, -0.2) is 16.8 Å². The molecule has 2 amide bonds. The molecular formula is C15H13ClFN3O2. The van der Waals surface area contributed by atoms with Gasteiger partial charge in [0.1, 0.15) is 5.82 Å². The van der Waals surface area contributed by atoms with Gasteiger partial charge in [0.05, 0.1) is 24.2 Å². The van der Waals surface area contributed by atoms with Crippen LogP contribution in [0.1, 0.15) is 28.4 Å². The number of nitrogens with one attached hydrogen (secondary N) is 1. The minimum absolute atomic E-state index is 0.0523. The minimum atomic E-state index is -0.660. The van der Waals surface area contributed by atoms with Crippen molar-refractivity contribution in [3.8, 4) is 0 Å². The van der Waals surface area contributed by atoms with Crippen LogP contribution in [0.4, 0.5) is 4.39 Å². The minimum Gasteiger partial charge on any atom is -0.370 e. The van der Waals surface area contributed by atoms with E-state index in [1.54, 1.807) is 24.3 Å². The molecule has 0 unspecified atom stereocenters. The van der Waals surface area contributed by atoms with Crippen LogP contribution < -0.4 is 11.1 Å². The molecule has 2 aromatic rings. The number of nitrogens with two attached hydrogens (primary N) is 1. The first-order valence-corrected chi connectivity index (χ1v) is 6.78. The van der Waals surface area contributed by atoms with Crippen molar-refractivity contribution in [2.45, 2.75) is 12.5 Å². The highest BCUT2D eigenvalue weighted by Gasteiger charge is 2.18. The van der Waals surface area contributed by atoms with Crippen LogP contribution >= 0.6 is 11.6 Å². The fourth-order valence-corrected chi connectivity index (χ4v) is 2.15. The van der Waals surface area contributed by atoms with Gasteiger partial charge >= 0.3 is 0 Å². The predicted octanol–water partition coefficient (Wildman–Crippen LogP) is 2.22. The summed E-state index contributed by atoms with van der Waals surface area (Å²) in [6, 6.07) is 7.10. The third-order valence-corrected chi connectivity index (χ3v) is 3.16. The summed E-state index contributed by atoms with van der Waals surface area (Å²) in [5.41, 5.74) is 5.89. The molecule has 7 heteroatoms. The predicted molar refractivity (Wildman–Crippen MR) is 79.7 cm³/mol. The third kappa shape index (κ3) is 4.26. The van der Waals surface area contributed by atoms with Crippen molar-refractivity contribution in [3.05, 3.63) is 64.7 Å². The Labute approximate surface area is 131 Å².